The minimum atomic E-state index is -0.155. The number of amides is 2. The number of aryl methyl sites for hydroxylation is 2. The highest BCUT2D eigenvalue weighted by Gasteiger charge is 2.25. The molecule has 0 unspecified atom stereocenters. The summed E-state index contributed by atoms with van der Waals surface area (Å²) in [6.45, 7) is 4.81. The Labute approximate surface area is 208 Å². The minimum Gasteiger partial charge on any atom is -0.325 e. The van der Waals surface area contributed by atoms with Gasteiger partial charge in [0.05, 0.1) is 5.75 Å². The van der Waals surface area contributed by atoms with Gasteiger partial charge in [-0.15, -0.1) is 10.2 Å². The highest BCUT2D eigenvalue weighted by Crippen LogP contribution is 2.29. The van der Waals surface area contributed by atoms with Crippen LogP contribution >= 0.6 is 11.8 Å². The summed E-state index contributed by atoms with van der Waals surface area (Å²) >= 11 is 1.32. The molecular formula is C27H25N5O2S. The number of nitrogens with one attached hydrogen (secondary N) is 1. The summed E-state index contributed by atoms with van der Waals surface area (Å²) in [7, 11) is 0. The minimum absolute atomic E-state index is 0.0333. The van der Waals surface area contributed by atoms with Crippen molar-refractivity contribution in [3.8, 4) is 5.69 Å². The highest BCUT2D eigenvalue weighted by molar-refractivity contribution is 7.99. The molecule has 1 aromatic heterocycles. The molecule has 0 bridgehead atoms. The first-order valence-corrected chi connectivity index (χ1v) is 12.4. The second-order valence-electron chi connectivity index (χ2n) is 8.50. The zero-order valence-electron chi connectivity index (χ0n) is 19.6. The van der Waals surface area contributed by atoms with E-state index >= 15 is 0 Å². The molecule has 7 nitrogen and oxygen atoms in total. The average molecular weight is 484 g/mol. The van der Waals surface area contributed by atoms with Crippen LogP contribution < -0.4 is 10.2 Å². The maximum atomic E-state index is 13.0. The molecule has 1 aliphatic rings. The molecular weight excluding hydrogens is 458 g/mol. The van der Waals surface area contributed by atoms with E-state index in [0.717, 1.165) is 17.8 Å². The van der Waals surface area contributed by atoms with Crippen molar-refractivity contribution in [3.63, 3.8) is 0 Å². The third-order valence-electron chi connectivity index (χ3n) is 6.17. The van der Waals surface area contributed by atoms with Crippen molar-refractivity contribution in [3.05, 3.63) is 95.3 Å². The van der Waals surface area contributed by atoms with Crippen LogP contribution in [0.1, 0.15) is 27.0 Å². The van der Waals surface area contributed by atoms with E-state index in [9.17, 15) is 9.59 Å². The van der Waals surface area contributed by atoms with Gasteiger partial charge in [0.1, 0.15) is 6.33 Å². The molecule has 4 aromatic rings. The van der Waals surface area contributed by atoms with Gasteiger partial charge in [0.25, 0.3) is 5.91 Å². The Kier molecular flexibility index (Phi) is 6.37. The van der Waals surface area contributed by atoms with E-state index in [4.69, 9.17) is 0 Å². The van der Waals surface area contributed by atoms with E-state index in [1.807, 2.05) is 33.7 Å². The molecule has 2 amide bonds. The summed E-state index contributed by atoms with van der Waals surface area (Å²) in [5.41, 5.74) is 6.76. The largest absolute Gasteiger partial charge is 0.325 e. The third kappa shape index (κ3) is 4.83. The van der Waals surface area contributed by atoms with Crippen LogP contribution in [0.4, 0.5) is 11.4 Å². The molecule has 3 aromatic carbocycles. The number of para-hydroxylation sites is 1. The monoisotopic (exact) mass is 483 g/mol. The van der Waals surface area contributed by atoms with Crippen LogP contribution in [0.5, 0.6) is 0 Å². The van der Waals surface area contributed by atoms with Gasteiger partial charge in [0.2, 0.25) is 5.91 Å². The van der Waals surface area contributed by atoms with E-state index in [0.29, 0.717) is 23.0 Å². The van der Waals surface area contributed by atoms with Crippen molar-refractivity contribution < 1.29 is 9.59 Å². The number of carbonyl (C=O) groups is 2. The van der Waals surface area contributed by atoms with Gasteiger partial charge in [0.15, 0.2) is 5.16 Å². The van der Waals surface area contributed by atoms with Crippen LogP contribution in [0.2, 0.25) is 0 Å². The predicted molar refractivity (Wildman–Crippen MR) is 138 cm³/mol. The first-order chi connectivity index (χ1) is 17.0. The number of fused-ring (bicyclic) bond motifs is 1. The first kappa shape index (κ1) is 22.9. The van der Waals surface area contributed by atoms with E-state index < -0.39 is 0 Å². The number of benzene rings is 3. The number of anilines is 2. The van der Waals surface area contributed by atoms with Gasteiger partial charge in [-0.05, 0) is 79.4 Å². The van der Waals surface area contributed by atoms with E-state index in [-0.39, 0.29) is 17.6 Å². The van der Waals surface area contributed by atoms with Gasteiger partial charge in [-0.1, -0.05) is 36.0 Å². The summed E-state index contributed by atoms with van der Waals surface area (Å²) < 4.78 is 1.88. The molecule has 0 fully saturated rings. The van der Waals surface area contributed by atoms with Gasteiger partial charge < -0.3 is 10.2 Å². The number of hydrogen-bond acceptors (Lipinski definition) is 5. The summed E-state index contributed by atoms with van der Waals surface area (Å²) in [5, 5.41) is 11.7. The molecule has 5 rings (SSSR count). The zero-order valence-corrected chi connectivity index (χ0v) is 20.4. The maximum Gasteiger partial charge on any atom is 0.258 e. The smallest absolute Gasteiger partial charge is 0.258 e. The maximum absolute atomic E-state index is 13.0. The van der Waals surface area contributed by atoms with Crippen molar-refractivity contribution in [2.75, 3.05) is 22.5 Å². The Morgan fingerprint density at radius 2 is 1.80 bits per heavy atom. The molecule has 0 atom stereocenters. The van der Waals surface area contributed by atoms with Crippen LogP contribution in [-0.4, -0.2) is 38.9 Å². The van der Waals surface area contributed by atoms with Crippen molar-refractivity contribution in [1.29, 1.82) is 0 Å². The second kappa shape index (κ2) is 9.76. The molecule has 0 radical (unpaired) electrons. The lowest BCUT2D eigenvalue weighted by Crippen LogP contribution is -2.28. The van der Waals surface area contributed by atoms with Crippen molar-refractivity contribution in [1.82, 2.24) is 14.8 Å². The van der Waals surface area contributed by atoms with Crippen LogP contribution in [0.15, 0.2) is 78.2 Å². The molecule has 1 aliphatic heterocycles. The number of hydrogen-bond donors (Lipinski definition) is 1. The third-order valence-corrected chi connectivity index (χ3v) is 7.11. The number of rotatable bonds is 6. The average Bonchev–Trinajstić information content (AvgIpc) is 3.52. The highest BCUT2D eigenvalue weighted by atomic mass is 32.2. The fourth-order valence-corrected chi connectivity index (χ4v) is 4.83. The van der Waals surface area contributed by atoms with E-state index in [2.05, 4.69) is 47.6 Å². The second-order valence-corrected chi connectivity index (χ2v) is 9.44. The number of carbonyl (C=O) groups excluding carboxylic acids is 2. The molecule has 0 aliphatic carbocycles. The Bertz CT molecular complexity index is 1400. The molecule has 35 heavy (non-hydrogen) atoms. The lowest BCUT2D eigenvalue weighted by atomic mass is 10.1. The number of nitrogens with zero attached hydrogens (tertiary/aromatic N) is 4. The van der Waals surface area contributed by atoms with Crippen LogP contribution in [0, 0.1) is 13.8 Å². The zero-order chi connectivity index (χ0) is 24.4. The molecule has 0 saturated heterocycles. The quantitative estimate of drug-likeness (QED) is 0.398. The first-order valence-electron chi connectivity index (χ1n) is 11.4. The predicted octanol–water partition coefficient (Wildman–Crippen LogP) is 4.82. The SMILES string of the molecule is Cc1ccc(-n2cnnc2SCC(=O)Nc2ccc(C(=O)N3CCc4ccccc43)cc2)cc1C. The van der Waals surface area contributed by atoms with Crippen LogP contribution in [-0.2, 0) is 11.2 Å². The molecule has 8 heteroatoms. The summed E-state index contributed by atoms with van der Waals surface area (Å²) in [6, 6.07) is 21.2. The normalized spacial score (nSPS) is 12.5. The van der Waals surface area contributed by atoms with E-state index in [1.54, 1.807) is 30.6 Å². The van der Waals surface area contributed by atoms with Gasteiger partial charge in [0, 0.05) is 29.2 Å². The van der Waals surface area contributed by atoms with Crippen LogP contribution in [0.3, 0.4) is 0 Å². The van der Waals surface area contributed by atoms with Crippen molar-refractivity contribution >= 4 is 35.0 Å². The summed E-state index contributed by atoms with van der Waals surface area (Å²) in [4.78, 5) is 27.4. The molecule has 0 saturated carbocycles. The van der Waals surface area contributed by atoms with Gasteiger partial charge in [-0.3, -0.25) is 14.2 Å². The molecule has 0 spiro atoms. The molecule has 176 valence electrons. The number of aromatic nitrogens is 3. The topological polar surface area (TPSA) is 80.1 Å². The van der Waals surface area contributed by atoms with Crippen LogP contribution in [0.25, 0.3) is 5.69 Å². The summed E-state index contributed by atoms with van der Waals surface area (Å²) in [6.07, 6.45) is 2.52. The number of thioether (sulfide) groups is 1. The Morgan fingerprint density at radius 1 is 1.00 bits per heavy atom. The fourth-order valence-electron chi connectivity index (χ4n) is 4.10. The Hall–Kier alpha value is -3.91. The Morgan fingerprint density at radius 3 is 2.60 bits per heavy atom. The van der Waals surface area contributed by atoms with E-state index in [1.165, 1.54) is 28.5 Å². The fraction of sp³-hybridized carbons (Fsp3) is 0.185. The molecule has 2 heterocycles. The van der Waals surface area contributed by atoms with Gasteiger partial charge in [-0.2, -0.15) is 0 Å². The van der Waals surface area contributed by atoms with Crippen molar-refractivity contribution in [2.45, 2.75) is 25.4 Å². The summed E-state index contributed by atoms with van der Waals surface area (Å²) in [5.74, 6) is 0.000604. The van der Waals surface area contributed by atoms with Gasteiger partial charge >= 0.3 is 0 Å². The lowest BCUT2D eigenvalue weighted by Gasteiger charge is -2.17. The lowest BCUT2D eigenvalue weighted by molar-refractivity contribution is -0.113. The van der Waals surface area contributed by atoms with Gasteiger partial charge in [-0.25, -0.2) is 0 Å². The Balaban J connectivity index is 1.19. The molecule has 1 N–H and O–H groups in total. The van der Waals surface area contributed by atoms with Crippen molar-refractivity contribution in [2.24, 2.45) is 0 Å². The standard InChI is InChI=1S/C27H25N5O2S/c1-18-7-12-23(15-19(18)2)32-17-28-30-27(32)35-16-25(33)29-22-10-8-21(9-11-22)26(34)31-14-13-20-5-3-4-6-24(20)31/h3-12,15,17H,13-14,16H2,1-2H3,(H,29,33).